The smallest absolute Gasteiger partial charge is 0.125 e. The minimum Gasteiger partial charge on any atom is -0.303 e. The molecule has 0 aromatic carbocycles. The van der Waals surface area contributed by atoms with Gasteiger partial charge in [0.1, 0.15) is 6.29 Å². The first-order valence-corrected chi connectivity index (χ1v) is 3.98. The second-order valence-corrected chi connectivity index (χ2v) is 3.82. The Balaban J connectivity index is 3.75. The molecule has 10 heavy (non-hydrogen) atoms. The van der Waals surface area contributed by atoms with E-state index in [0.717, 1.165) is 19.1 Å². The lowest BCUT2D eigenvalue weighted by Crippen LogP contribution is -2.16. The maximum atomic E-state index is 10.5. The van der Waals surface area contributed by atoms with Gasteiger partial charge in [0, 0.05) is 5.41 Å². The van der Waals surface area contributed by atoms with Gasteiger partial charge in [0.15, 0.2) is 0 Å². The van der Waals surface area contributed by atoms with E-state index in [9.17, 15) is 4.79 Å². The average Bonchev–Trinajstić information content (AvgIpc) is 1.87. The van der Waals surface area contributed by atoms with Crippen molar-refractivity contribution in [3.8, 4) is 0 Å². The molecule has 0 heterocycles. The standard InChI is InChI=1S/C9H18O/c1-5-8(2)6-9(3,4)7-10/h7-8H,5-6H2,1-4H3. The van der Waals surface area contributed by atoms with Crippen LogP contribution in [0.25, 0.3) is 0 Å². The normalized spacial score (nSPS) is 14.8. The molecule has 60 valence electrons. The number of hydrogen-bond donors (Lipinski definition) is 0. The van der Waals surface area contributed by atoms with Crippen LogP contribution in [0.2, 0.25) is 0 Å². The fraction of sp³-hybridized carbons (Fsp3) is 0.889. The molecule has 0 radical (unpaired) electrons. The predicted octanol–water partition coefficient (Wildman–Crippen LogP) is 2.65. The maximum Gasteiger partial charge on any atom is 0.125 e. The SMILES string of the molecule is CCC(C)CC(C)(C)C=O. The van der Waals surface area contributed by atoms with Crippen molar-refractivity contribution in [3.05, 3.63) is 0 Å². The summed E-state index contributed by atoms with van der Waals surface area (Å²) < 4.78 is 0. The first-order chi connectivity index (χ1) is 4.52. The van der Waals surface area contributed by atoms with Gasteiger partial charge >= 0.3 is 0 Å². The second kappa shape index (κ2) is 3.75. The summed E-state index contributed by atoms with van der Waals surface area (Å²) in [7, 11) is 0. The topological polar surface area (TPSA) is 17.1 Å². The van der Waals surface area contributed by atoms with Crippen LogP contribution >= 0.6 is 0 Å². The zero-order chi connectivity index (χ0) is 8.20. The van der Waals surface area contributed by atoms with Gasteiger partial charge in [0.05, 0.1) is 0 Å². The zero-order valence-corrected chi connectivity index (χ0v) is 7.48. The summed E-state index contributed by atoms with van der Waals surface area (Å²) in [6, 6.07) is 0. The molecule has 0 aromatic heterocycles. The summed E-state index contributed by atoms with van der Waals surface area (Å²) in [4.78, 5) is 10.5. The first kappa shape index (κ1) is 9.67. The molecule has 1 nitrogen and oxygen atoms in total. The van der Waals surface area contributed by atoms with Crippen LogP contribution in [0.3, 0.4) is 0 Å². The highest BCUT2D eigenvalue weighted by Gasteiger charge is 2.18. The number of carbonyl (C=O) groups is 1. The summed E-state index contributed by atoms with van der Waals surface area (Å²) in [5.74, 6) is 0.667. The third-order valence-electron chi connectivity index (χ3n) is 1.89. The fourth-order valence-electron chi connectivity index (χ4n) is 1.09. The van der Waals surface area contributed by atoms with Gasteiger partial charge in [-0.05, 0) is 12.3 Å². The number of rotatable bonds is 4. The van der Waals surface area contributed by atoms with E-state index in [0.29, 0.717) is 5.92 Å². The minimum absolute atomic E-state index is 0.116. The molecule has 1 atom stereocenters. The maximum absolute atomic E-state index is 10.5. The van der Waals surface area contributed by atoms with E-state index >= 15 is 0 Å². The van der Waals surface area contributed by atoms with Crippen LogP contribution in [0.5, 0.6) is 0 Å². The van der Waals surface area contributed by atoms with Gasteiger partial charge in [-0.3, -0.25) is 0 Å². The molecule has 0 saturated heterocycles. The molecule has 1 heteroatoms. The fourth-order valence-corrected chi connectivity index (χ4v) is 1.09. The van der Waals surface area contributed by atoms with Gasteiger partial charge in [0.25, 0.3) is 0 Å². The third-order valence-corrected chi connectivity index (χ3v) is 1.89. The van der Waals surface area contributed by atoms with Crippen LogP contribution in [0.4, 0.5) is 0 Å². The summed E-state index contributed by atoms with van der Waals surface area (Å²) >= 11 is 0. The second-order valence-electron chi connectivity index (χ2n) is 3.82. The van der Waals surface area contributed by atoms with E-state index in [1.54, 1.807) is 0 Å². The van der Waals surface area contributed by atoms with Gasteiger partial charge in [0.2, 0.25) is 0 Å². The molecular formula is C9H18O. The van der Waals surface area contributed by atoms with Gasteiger partial charge in [-0.2, -0.15) is 0 Å². The van der Waals surface area contributed by atoms with Gasteiger partial charge in [-0.25, -0.2) is 0 Å². The molecule has 0 aliphatic carbocycles. The van der Waals surface area contributed by atoms with E-state index in [1.807, 2.05) is 13.8 Å². The van der Waals surface area contributed by atoms with Crippen molar-refractivity contribution in [2.24, 2.45) is 11.3 Å². The molecule has 0 amide bonds. The van der Waals surface area contributed by atoms with Crippen molar-refractivity contribution in [1.29, 1.82) is 0 Å². The summed E-state index contributed by atoms with van der Waals surface area (Å²) in [6.45, 7) is 8.33. The van der Waals surface area contributed by atoms with Crippen molar-refractivity contribution < 1.29 is 4.79 Å². The van der Waals surface area contributed by atoms with Crippen LogP contribution < -0.4 is 0 Å². The van der Waals surface area contributed by atoms with Gasteiger partial charge < -0.3 is 4.79 Å². The zero-order valence-electron chi connectivity index (χ0n) is 7.48. The van der Waals surface area contributed by atoms with E-state index < -0.39 is 0 Å². The molecule has 1 unspecified atom stereocenters. The summed E-state index contributed by atoms with van der Waals surface area (Å²) in [5.41, 5.74) is -0.116. The summed E-state index contributed by atoms with van der Waals surface area (Å²) in [5, 5.41) is 0. The lowest BCUT2D eigenvalue weighted by molar-refractivity contribution is -0.115. The van der Waals surface area contributed by atoms with Crippen LogP contribution in [0, 0.1) is 11.3 Å². The summed E-state index contributed by atoms with van der Waals surface area (Å²) in [6.07, 6.45) is 3.23. The van der Waals surface area contributed by atoms with E-state index in [4.69, 9.17) is 0 Å². The van der Waals surface area contributed by atoms with Crippen LogP contribution in [-0.4, -0.2) is 6.29 Å². The quantitative estimate of drug-likeness (QED) is 0.551. The van der Waals surface area contributed by atoms with Crippen molar-refractivity contribution in [1.82, 2.24) is 0 Å². The number of aldehydes is 1. The van der Waals surface area contributed by atoms with Crippen LogP contribution in [-0.2, 0) is 4.79 Å². The molecule has 0 spiro atoms. The van der Waals surface area contributed by atoms with Crippen molar-refractivity contribution in [2.45, 2.75) is 40.5 Å². The predicted molar refractivity (Wildman–Crippen MR) is 43.9 cm³/mol. The van der Waals surface area contributed by atoms with Crippen LogP contribution in [0.1, 0.15) is 40.5 Å². The Morgan fingerprint density at radius 3 is 2.30 bits per heavy atom. The molecule has 0 aliphatic heterocycles. The number of hydrogen-bond acceptors (Lipinski definition) is 1. The molecule has 0 N–H and O–H groups in total. The first-order valence-electron chi connectivity index (χ1n) is 3.98. The monoisotopic (exact) mass is 142 g/mol. The molecule has 0 bridgehead atoms. The Bertz CT molecular complexity index is 105. The molecule has 0 fully saturated rings. The van der Waals surface area contributed by atoms with Crippen molar-refractivity contribution in [3.63, 3.8) is 0 Å². The lowest BCUT2D eigenvalue weighted by Gasteiger charge is -2.20. The minimum atomic E-state index is -0.116. The van der Waals surface area contributed by atoms with E-state index in [2.05, 4.69) is 13.8 Å². The largest absolute Gasteiger partial charge is 0.303 e. The number of carbonyl (C=O) groups excluding carboxylic acids is 1. The molecular weight excluding hydrogens is 124 g/mol. The lowest BCUT2D eigenvalue weighted by atomic mass is 9.84. The van der Waals surface area contributed by atoms with Crippen molar-refractivity contribution in [2.75, 3.05) is 0 Å². The Hall–Kier alpha value is -0.330. The Morgan fingerprint density at radius 2 is 2.00 bits per heavy atom. The Labute approximate surface area is 63.8 Å². The van der Waals surface area contributed by atoms with Gasteiger partial charge in [-0.15, -0.1) is 0 Å². The van der Waals surface area contributed by atoms with Crippen LogP contribution in [0.15, 0.2) is 0 Å². The van der Waals surface area contributed by atoms with E-state index in [1.165, 1.54) is 0 Å². The highest BCUT2D eigenvalue weighted by Crippen LogP contribution is 2.23. The highest BCUT2D eigenvalue weighted by atomic mass is 16.1. The molecule has 0 aliphatic rings. The highest BCUT2D eigenvalue weighted by molar-refractivity contribution is 5.57. The Morgan fingerprint density at radius 1 is 1.50 bits per heavy atom. The Kier molecular flexibility index (Phi) is 3.62. The molecule has 0 rings (SSSR count). The molecule has 0 aromatic rings. The van der Waals surface area contributed by atoms with Gasteiger partial charge in [-0.1, -0.05) is 34.1 Å². The van der Waals surface area contributed by atoms with E-state index in [-0.39, 0.29) is 5.41 Å². The average molecular weight is 142 g/mol. The molecule has 0 saturated carbocycles. The third kappa shape index (κ3) is 3.65. The van der Waals surface area contributed by atoms with Crippen molar-refractivity contribution >= 4 is 6.29 Å².